The Morgan fingerprint density at radius 3 is 2.58 bits per heavy atom. The molecule has 0 radical (unpaired) electrons. The van der Waals surface area contributed by atoms with Crippen molar-refractivity contribution in [1.29, 1.82) is 0 Å². The van der Waals surface area contributed by atoms with E-state index in [4.69, 9.17) is 0 Å². The third-order valence-electron chi connectivity index (χ3n) is 3.95. The number of rotatable bonds is 3. The van der Waals surface area contributed by atoms with Crippen molar-refractivity contribution in [3.05, 3.63) is 29.3 Å². The first-order valence-electron chi connectivity index (χ1n) is 7.30. The van der Waals surface area contributed by atoms with E-state index in [-0.39, 0.29) is 6.61 Å². The van der Waals surface area contributed by atoms with Crippen molar-refractivity contribution in [3.63, 3.8) is 0 Å². The third-order valence-corrected chi connectivity index (χ3v) is 3.95. The molecular formula is C16H26N2O. The van der Waals surface area contributed by atoms with Crippen LogP contribution in [0.3, 0.4) is 0 Å². The van der Waals surface area contributed by atoms with Gasteiger partial charge in [0.1, 0.15) is 0 Å². The molecular weight excluding hydrogens is 236 g/mol. The minimum absolute atomic E-state index is 0.250. The molecule has 0 saturated carbocycles. The van der Waals surface area contributed by atoms with Crippen LogP contribution in [0.25, 0.3) is 0 Å². The maximum absolute atomic E-state index is 9.32. The molecule has 1 heterocycles. The lowest BCUT2D eigenvalue weighted by molar-refractivity contribution is 0.271. The van der Waals surface area contributed by atoms with Crippen molar-refractivity contribution in [2.24, 2.45) is 0 Å². The summed E-state index contributed by atoms with van der Waals surface area (Å²) in [4.78, 5) is 2.50. The monoisotopic (exact) mass is 262 g/mol. The SMILES string of the molecule is Cc1cc(C)cc(N2C(C)CCNCC2CCO)c1. The number of anilines is 1. The van der Waals surface area contributed by atoms with Crippen LogP contribution in [0, 0.1) is 13.8 Å². The molecule has 0 spiro atoms. The Morgan fingerprint density at radius 2 is 1.95 bits per heavy atom. The molecule has 0 bridgehead atoms. The van der Waals surface area contributed by atoms with E-state index in [1.807, 2.05) is 0 Å². The Morgan fingerprint density at radius 1 is 1.26 bits per heavy atom. The van der Waals surface area contributed by atoms with Gasteiger partial charge in [0, 0.05) is 30.9 Å². The van der Waals surface area contributed by atoms with E-state index in [1.54, 1.807) is 0 Å². The predicted molar refractivity (Wildman–Crippen MR) is 80.8 cm³/mol. The first-order chi connectivity index (χ1) is 9.11. The van der Waals surface area contributed by atoms with E-state index >= 15 is 0 Å². The maximum Gasteiger partial charge on any atom is 0.0451 e. The second kappa shape index (κ2) is 6.40. The van der Waals surface area contributed by atoms with Crippen LogP contribution in [-0.4, -0.2) is 36.9 Å². The van der Waals surface area contributed by atoms with Crippen molar-refractivity contribution in [2.45, 2.75) is 45.7 Å². The van der Waals surface area contributed by atoms with Crippen LogP contribution in [0.1, 0.15) is 30.9 Å². The van der Waals surface area contributed by atoms with Gasteiger partial charge >= 0.3 is 0 Å². The van der Waals surface area contributed by atoms with E-state index in [0.717, 1.165) is 25.9 Å². The number of aliphatic hydroxyl groups excluding tert-OH is 1. The van der Waals surface area contributed by atoms with Crippen LogP contribution in [0.15, 0.2) is 18.2 Å². The second-order valence-corrected chi connectivity index (χ2v) is 5.76. The lowest BCUT2D eigenvalue weighted by Crippen LogP contribution is -2.44. The third kappa shape index (κ3) is 3.48. The van der Waals surface area contributed by atoms with Gasteiger partial charge in [-0.05, 0) is 63.4 Å². The molecule has 1 aromatic rings. The Balaban J connectivity index is 2.33. The molecule has 2 N–H and O–H groups in total. The number of aliphatic hydroxyl groups is 1. The first-order valence-corrected chi connectivity index (χ1v) is 7.30. The smallest absolute Gasteiger partial charge is 0.0451 e. The Hall–Kier alpha value is -1.06. The van der Waals surface area contributed by atoms with Gasteiger partial charge in [-0.3, -0.25) is 0 Å². The summed E-state index contributed by atoms with van der Waals surface area (Å²) in [6.45, 7) is 8.86. The summed E-state index contributed by atoms with van der Waals surface area (Å²) in [5.41, 5.74) is 3.91. The summed E-state index contributed by atoms with van der Waals surface area (Å²) < 4.78 is 0. The minimum Gasteiger partial charge on any atom is -0.396 e. The van der Waals surface area contributed by atoms with Gasteiger partial charge in [-0.15, -0.1) is 0 Å². The summed E-state index contributed by atoms with van der Waals surface area (Å²) in [7, 11) is 0. The fourth-order valence-corrected chi connectivity index (χ4v) is 3.13. The van der Waals surface area contributed by atoms with Crippen molar-refractivity contribution in [1.82, 2.24) is 5.32 Å². The van der Waals surface area contributed by atoms with Crippen molar-refractivity contribution in [3.8, 4) is 0 Å². The highest BCUT2D eigenvalue weighted by Crippen LogP contribution is 2.26. The zero-order chi connectivity index (χ0) is 13.8. The predicted octanol–water partition coefficient (Wildman–Crippen LogP) is 2.24. The molecule has 106 valence electrons. The molecule has 2 atom stereocenters. The lowest BCUT2D eigenvalue weighted by Gasteiger charge is -2.37. The number of benzene rings is 1. The highest BCUT2D eigenvalue weighted by Gasteiger charge is 2.26. The van der Waals surface area contributed by atoms with Gasteiger partial charge in [0.25, 0.3) is 0 Å². The summed E-state index contributed by atoms with van der Waals surface area (Å²) >= 11 is 0. The molecule has 1 saturated heterocycles. The van der Waals surface area contributed by atoms with Crippen LogP contribution in [0.4, 0.5) is 5.69 Å². The average Bonchev–Trinajstić information content (AvgIpc) is 2.50. The molecule has 1 aliphatic rings. The summed E-state index contributed by atoms with van der Waals surface area (Å²) in [6, 6.07) is 7.63. The fraction of sp³-hybridized carbons (Fsp3) is 0.625. The van der Waals surface area contributed by atoms with Crippen LogP contribution >= 0.6 is 0 Å². The lowest BCUT2D eigenvalue weighted by atomic mass is 10.0. The summed E-state index contributed by atoms with van der Waals surface area (Å²) in [6.07, 6.45) is 1.97. The number of nitrogens with zero attached hydrogens (tertiary/aromatic N) is 1. The van der Waals surface area contributed by atoms with Gasteiger partial charge in [-0.25, -0.2) is 0 Å². The van der Waals surface area contributed by atoms with Crippen molar-refractivity contribution < 1.29 is 5.11 Å². The van der Waals surface area contributed by atoms with Crippen LogP contribution in [-0.2, 0) is 0 Å². The second-order valence-electron chi connectivity index (χ2n) is 5.76. The zero-order valence-corrected chi connectivity index (χ0v) is 12.3. The van der Waals surface area contributed by atoms with E-state index in [2.05, 4.69) is 49.2 Å². The number of hydrogen-bond donors (Lipinski definition) is 2. The number of nitrogens with one attached hydrogen (secondary N) is 1. The molecule has 1 fully saturated rings. The van der Waals surface area contributed by atoms with E-state index < -0.39 is 0 Å². The molecule has 3 heteroatoms. The van der Waals surface area contributed by atoms with Gasteiger partial charge in [0.2, 0.25) is 0 Å². The van der Waals surface area contributed by atoms with Gasteiger partial charge in [-0.1, -0.05) is 6.07 Å². The van der Waals surface area contributed by atoms with Crippen molar-refractivity contribution in [2.75, 3.05) is 24.6 Å². The molecule has 0 amide bonds. The largest absolute Gasteiger partial charge is 0.396 e. The quantitative estimate of drug-likeness (QED) is 0.877. The molecule has 0 aliphatic carbocycles. The van der Waals surface area contributed by atoms with Gasteiger partial charge < -0.3 is 15.3 Å². The summed E-state index contributed by atoms with van der Waals surface area (Å²) in [5, 5.41) is 12.8. The van der Waals surface area contributed by atoms with Crippen LogP contribution in [0.2, 0.25) is 0 Å². The molecule has 1 aromatic carbocycles. The molecule has 3 nitrogen and oxygen atoms in total. The maximum atomic E-state index is 9.32. The first kappa shape index (κ1) is 14.4. The Labute approximate surface area is 116 Å². The highest BCUT2D eigenvalue weighted by atomic mass is 16.3. The van der Waals surface area contributed by atoms with Crippen LogP contribution < -0.4 is 10.2 Å². The Bertz CT molecular complexity index is 399. The molecule has 0 aromatic heterocycles. The van der Waals surface area contributed by atoms with E-state index in [0.29, 0.717) is 12.1 Å². The molecule has 1 aliphatic heterocycles. The normalized spacial score (nSPS) is 24.3. The van der Waals surface area contributed by atoms with Crippen molar-refractivity contribution >= 4 is 5.69 Å². The Kier molecular flexibility index (Phi) is 4.83. The standard InChI is InChI=1S/C16H26N2O/c1-12-8-13(2)10-16(9-12)18-14(3)4-6-17-11-15(18)5-7-19/h8-10,14-15,17,19H,4-7,11H2,1-3H3. The van der Waals surface area contributed by atoms with Crippen LogP contribution in [0.5, 0.6) is 0 Å². The average molecular weight is 262 g/mol. The number of aryl methyl sites for hydroxylation is 2. The summed E-state index contributed by atoms with van der Waals surface area (Å²) in [5.74, 6) is 0. The molecule has 2 unspecified atom stereocenters. The zero-order valence-electron chi connectivity index (χ0n) is 12.3. The highest BCUT2D eigenvalue weighted by molar-refractivity contribution is 5.53. The van der Waals surface area contributed by atoms with E-state index in [9.17, 15) is 5.11 Å². The van der Waals surface area contributed by atoms with Gasteiger partial charge in [0.15, 0.2) is 0 Å². The van der Waals surface area contributed by atoms with Gasteiger partial charge in [0.05, 0.1) is 0 Å². The minimum atomic E-state index is 0.250. The van der Waals surface area contributed by atoms with E-state index in [1.165, 1.54) is 16.8 Å². The fourth-order valence-electron chi connectivity index (χ4n) is 3.13. The molecule has 19 heavy (non-hydrogen) atoms. The van der Waals surface area contributed by atoms with Gasteiger partial charge in [-0.2, -0.15) is 0 Å². The molecule has 2 rings (SSSR count). The number of hydrogen-bond acceptors (Lipinski definition) is 3. The topological polar surface area (TPSA) is 35.5 Å².